The maximum atomic E-state index is 5.86. The van der Waals surface area contributed by atoms with E-state index < -0.39 is 0 Å². The van der Waals surface area contributed by atoms with Crippen LogP contribution in [0, 0.1) is 6.92 Å². The summed E-state index contributed by atoms with van der Waals surface area (Å²) in [5.41, 5.74) is 7.05. The van der Waals surface area contributed by atoms with Gasteiger partial charge in [0, 0.05) is 12.1 Å². The van der Waals surface area contributed by atoms with Crippen molar-refractivity contribution in [2.45, 2.75) is 6.92 Å². The van der Waals surface area contributed by atoms with Crippen molar-refractivity contribution in [3.63, 3.8) is 0 Å². The second kappa shape index (κ2) is 4.11. The van der Waals surface area contributed by atoms with E-state index in [1.807, 2.05) is 13.0 Å². The molecule has 2 N–H and O–H groups in total. The molecule has 0 aromatic carbocycles. The number of aryl methyl sites for hydroxylation is 1. The molecule has 0 saturated carbocycles. The highest BCUT2D eigenvalue weighted by Crippen LogP contribution is 2.14. The highest BCUT2D eigenvalue weighted by molar-refractivity contribution is 6.29. The molecule has 0 bridgehead atoms. The zero-order valence-corrected chi connectivity index (χ0v) is 8.62. The Morgan fingerprint density at radius 2 is 2.07 bits per heavy atom. The van der Waals surface area contributed by atoms with Crippen LogP contribution in [0.2, 0.25) is 5.15 Å². The number of hydrogen-bond donors (Lipinski definition) is 1. The molecule has 4 nitrogen and oxygen atoms in total. The standard InChI is InChI=1S/C7H7ClN4.C2H4/c1-4-2-7-10-6(9)3-5(8)12(7)11-4;1-2/h2-3H,1H3,(H2,9,10);1-2H2. The first kappa shape index (κ1) is 10.5. The van der Waals surface area contributed by atoms with Gasteiger partial charge >= 0.3 is 0 Å². The number of aromatic nitrogens is 3. The summed E-state index contributed by atoms with van der Waals surface area (Å²) in [6.45, 7) is 7.88. The minimum Gasteiger partial charge on any atom is -0.384 e. The number of nitrogen functional groups attached to an aromatic ring is 1. The second-order valence-corrected chi connectivity index (χ2v) is 2.95. The molecular weight excluding hydrogens is 200 g/mol. The van der Waals surface area contributed by atoms with Crippen molar-refractivity contribution >= 4 is 23.1 Å². The third-order valence-electron chi connectivity index (χ3n) is 1.53. The highest BCUT2D eigenvalue weighted by Gasteiger charge is 2.03. The van der Waals surface area contributed by atoms with Crippen LogP contribution < -0.4 is 5.73 Å². The molecule has 0 saturated heterocycles. The minimum atomic E-state index is 0.410. The molecule has 2 rings (SSSR count). The summed E-state index contributed by atoms with van der Waals surface area (Å²) in [6.07, 6.45) is 0. The van der Waals surface area contributed by atoms with Crippen LogP contribution in [0.1, 0.15) is 5.69 Å². The smallest absolute Gasteiger partial charge is 0.159 e. The summed E-state index contributed by atoms with van der Waals surface area (Å²) in [5, 5.41) is 4.60. The lowest BCUT2D eigenvalue weighted by atomic mass is 10.5. The van der Waals surface area contributed by atoms with Gasteiger partial charge in [-0.3, -0.25) is 0 Å². The summed E-state index contributed by atoms with van der Waals surface area (Å²) in [5.74, 6) is 0.410. The Morgan fingerprint density at radius 1 is 1.43 bits per heavy atom. The van der Waals surface area contributed by atoms with Gasteiger partial charge in [-0.2, -0.15) is 5.10 Å². The van der Waals surface area contributed by atoms with Crippen molar-refractivity contribution in [2.75, 3.05) is 5.73 Å². The molecule has 0 aliphatic rings. The Balaban J connectivity index is 0.000000461. The Labute approximate surface area is 87.0 Å². The predicted molar refractivity (Wildman–Crippen MR) is 58.4 cm³/mol. The summed E-state index contributed by atoms with van der Waals surface area (Å²) >= 11 is 5.86. The van der Waals surface area contributed by atoms with Crippen LogP contribution in [0.25, 0.3) is 5.65 Å². The fourth-order valence-corrected chi connectivity index (χ4v) is 1.31. The van der Waals surface area contributed by atoms with E-state index in [2.05, 4.69) is 23.2 Å². The number of hydrogen-bond acceptors (Lipinski definition) is 3. The van der Waals surface area contributed by atoms with Crippen LogP contribution in [0.3, 0.4) is 0 Å². The van der Waals surface area contributed by atoms with E-state index in [0.29, 0.717) is 16.6 Å². The molecule has 2 aromatic rings. The average Bonchev–Trinajstić information content (AvgIpc) is 2.49. The zero-order valence-electron chi connectivity index (χ0n) is 7.87. The van der Waals surface area contributed by atoms with Crippen LogP contribution in [-0.2, 0) is 0 Å². The third-order valence-corrected chi connectivity index (χ3v) is 1.79. The van der Waals surface area contributed by atoms with Crippen molar-refractivity contribution in [2.24, 2.45) is 0 Å². The molecule has 2 heterocycles. The van der Waals surface area contributed by atoms with Crippen molar-refractivity contribution in [1.29, 1.82) is 0 Å². The number of nitrogens with zero attached hydrogens (tertiary/aromatic N) is 3. The van der Waals surface area contributed by atoms with E-state index in [0.717, 1.165) is 5.69 Å². The van der Waals surface area contributed by atoms with Gasteiger partial charge in [0.2, 0.25) is 0 Å². The normalized spacial score (nSPS) is 9.57. The maximum Gasteiger partial charge on any atom is 0.159 e. The molecule has 0 amide bonds. The number of anilines is 1. The number of rotatable bonds is 0. The van der Waals surface area contributed by atoms with Gasteiger partial charge in [-0.25, -0.2) is 9.50 Å². The number of halogens is 1. The van der Waals surface area contributed by atoms with Gasteiger partial charge in [0.05, 0.1) is 5.69 Å². The lowest BCUT2D eigenvalue weighted by Crippen LogP contribution is -1.96. The van der Waals surface area contributed by atoms with E-state index in [4.69, 9.17) is 17.3 Å². The molecule has 0 spiro atoms. The Bertz CT molecular complexity index is 449. The lowest BCUT2D eigenvalue weighted by Gasteiger charge is -1.96. The Morgan fingerprint density at radius 3 is 2.71 bits per heavy atom. The van der Waals surface area contributed by atoms with Crippen LogP contribution in [0.5, 0.6) is 0 Å². The van der Waals surface area contributed by atoms with Crippen LogP contribution in [-0.4, -0.2) is 14.6 Å². The van der Waals surface area contributed by atoms with E-state index in [-0.39, 0.29) is 0 Å². The second-order valence-electron chi connectivity index (χ2n) is 2.56. The van der Waals surface area contributed by atoms with Crippen molar-refractivity contribution in [3.8, 4) is 0 Å². The van der Waals surface area contributed by atoms with Crippen LogP contribution in [0.4, 0.5) is 5.82 Å². The van der Waals surface area contributed by atoms with Crippen LogP contribution in [0.15, 0.2) is 25.3 Å². The molecule has 0 aliphatic carbocycles. The third kappa shape index (κ3) is 1.85. The first-order valence-corrected chi connectivity index (χ1v) is 4.33. The van der Waals surface area contributed by atoms with Gasteiger partial charge < -0.3 is 5.73 Å². The first-order chi connectivity index (χ1) is 6.66. The average molecular weight is 211 g/mol. The molecule has 0 atom stereocenters. The molecule has 0 fully saturated rings. The first-order valence-electron chi connectivity index (χ1n) is 3.95. The van der Waals surface area contributed by atoms with E-state index in [1.165, 1.54) is 0 Å². The highest BCUT2D eigenvalue weighted by atomic mass is 35.5. The molecule has 0 radical (unpaired) electrons. The molecular formula is C9H11ClN4. The molecule has 2 aromatic heterocycles. The fraction of sp³-hybridized carbons (Fsp3) is 0.111. The van der Waals surface area contributed by atoms with Gasteiger partial charge in [0.15, 0.2) is 5.65 Å². The van der Waals surface area contributed by atoms with Crippen LogP contribution >= 0.6 is 11.6 Å². The summed E-state index contributed by atoms with van der Waals surface area (Å²) in [7, 11) is 0. The molecule has 0 aliphatic heterocycles. The molecule has 0 unspecified atom stereocenters. The van der Waals surface area contributed by atoms with Gasteiger partial charge in [-0.05, 0) is 6.92 Å². The van der Waals surface area contributed by atoms with Crippen molar-refractivity contribution < 1.29 is 0 Å². The fourth-order valence-electron chi connectivity index (χ4n) is 1.07. The molecule has 14 heavy (non-hydrogen) atoms. The SMILES string of the molecule is C=C.Cc1cc2nc(N)cc(Cl)n2n1. The summed E-state index contributed by atoms with van der Waals surface area (Å²) < 4.78 is 1.55. The summed E-state index contributed by atoms with van der Waals surface area (Å²) in [4.78, 5) is 4.05. The minimum absolute atomic E-state index is 0.410. The largest absolute Gasteiger partial charge is 0.384 e. The van der Waals surface area contributed by atoms with E-state index in [9.17, 15) is 0 Å². The quantitative estimate of drug-likeness (QED) is 0.535. The predicted octanol–water partition coefficient (Wildman–Crippen LogP) is 2.08. The monoisotopic (exact) mass is 210 g/mol. The summed E-state index contributed by atoms with van der Waals surface area (Å²) in [6, 6.07) is 3.39. The Kier molecular flexibility index (Phi) is 3.09. The lowest BCUT2D eigenvalue weighted by molar-refractivity contribution is 0.920. The maximum absolute atomic E-state index is 5.86. The Hall–Kier alpha value is -1.55. The van der Waals surface area contributed by atoms with Gasteiger partial charge in [-0.1, -0.05) is 11.6 Å². The van der Waals surface area contributed by atoms with Crippen molar-refractivity contribution in [3.05, 3.63) is 36.1 Å². The van der Waals surface area contributed by atoms with Gasteiger partial charge in [0.25, 0.3) is 0 Å². The molecule has 74 valence electrons. The van der Waals surface area contributed by atoms with Gasteiger partial charge in [0.1, 0.15) is 11.0 Å². The van der Waals surface area contributed by atoms with Gasteiger partial charge in [-0.15, -0.1) is 13.2 Å². The van der Waals surface area contributed by atoms with E-state index in [1.54, 1.807) is 10.6 Å². The topological polar surface area (TPSA) is 56.2 Å². The zero-order chi connectivity index (χ0) is 10.7. The number of fused-ring (bicyclic) bond motifs is 1. The van der Waals surface area contributed by atoms with Crippen molar-refractivity contribution in [1.82, 2.24) is 14.6 Å². The molecule has 5 heteroatoms. The number of nitrogens with two attached hydrogens (primary N) is 1. The van der Waals surface area contributed by atoms with E-state index >= 15 is 0 Å².